The molecule has 2 heterocycles. The number of hydrogen-bond acceptors (Lipinski definition) is 8. The second-order valence-corrected chi connectivity index (χ2v) is 8.71. The first-order valence-electron chi connectivity index (χ1n) is 8.41. The second-order valence-electron chi connectivity index (χ2n) is 6.14. The van der Waals surface area contributed by atoms with Gasteiger partial charge in [0.1, 0.15) is 0 Å². The zero-order valence-electron chi connectivity index (χ0n) is 15.8. The van der Waals surface area contributed by atoms with Gasteiger partial charge >= 0.3 is 5.97 Å². The summed E-state index contributed by atoms with van der Waals surface area (Å²) in [7, 11) is 0. The van der Waals surface area contributed by atoms with Gasteiger partial charge in [0.25, 0.3) is 0 Å². The van der Waals surface area contributed by atoms with E-state index in [9.17, 15) is 9.59 Å². The van der Waals surface area contributed by atoms with Crippen LogP contribution in [0.5, 0.6) is 0 Å². The lowest BCUT2D eigenvalue weighted by molar-refractivity contribution is 0.0525. The van der Waals surface area contributed by atoms with Gasteiger partial charge in [0, 0.05) is 11.7 Å². The molecule has 2 rings (SSSR count). The molecule has 0 bridgehead atoms. The van der Waals surface area contributed by atoms with E-state index in [0.717, 1.165) is 9.47 Å². The number of nitrogens with one attached hydrogen (secondary N) is 2. The Bertz CT molecular complexity index is 798. The van der Waals surface area contributed by atoms with Crippen molar-refractivity contribution in [3.63, 3.8) is 0 Å². The number of carbonyl (C=O) groups excluding carboxylic acids is 2. The number of aryl methyl sites for hydroxylation is 1. The number of aromatic amines is 1. The topological polar surface area (TPSA) is 97.0 Å². The van der Waals surface area contributed by atoms with Crippen LogP contribution >= 0.6 is 23.1 Å². The first-order chi connectivity index (χ1) is 12.2. The fourth-order valence-corrected chi connectivity index (χ4v) is 4.58. The van der Waals surface area contributed by atoms with Crippen molar-refractivity contribution < 1.29 is 14.3 Å². The van der Waals surface area contributed by atoms with Crippen LogP contribution < -0.4 is 5.32 Å². The summed E-state index contributed by atoms with van der Waals surface area (Å²) in [6.07, 6.45) is 0. The first kappa shape index (κ1) is 20.4. The maximum atomic E-state index is 12.8. The minimum Gasteiger partial charge on any atom is -0.462 e. The minimum atomic E-state index is -0.411. The summed E-state index contributed by atoms with van der Waals surface area (Å²) in [5.74, 6) is -0.494. The quantitative estimate of drug-likeness (QED) is 0.397. The van der Waals surface area contributed by atoms with E-state index in [2.05, 4.69) is 20.5 Å². The molecule has 0 fully saturated rings. The molecule has 1 unspecified atom stereocenters. The van der Waals surface area contributed by atoms with Crippen LogP contribution in [0.25, 0.3) is 0 Å². The molecule has 2 aromatic rings. The van der Waals surface area contributed by atoms with E-state index >= 15 is 0 Å². The predicted octanol–water partition coefficient (Wildman–Crippen LogP) is 3.84. The van der Waals surface area contributed by atoms with Gasteiger partial charge in [-0.15, -0.1) is 10.2 Å². The standard InChI is InChI=1S/C17H24N4O3S2/c1-7-24-15(23)12-9(4)13(19-10(12)5)14(22)11(6)25-17-21-20-16(26-17)18-8(2)3/h8,11,19H,7H2,1-6H3,(H,18,20). The Labute approximate surface area is 161 Å². The Morgan fingerprint density at radius 2 is 1.96 bits per heavy atom. The molecule has 7 nitrogen and oxygen atoms in total. The molecule has 0 saturated heterocycles. The van der Waals surface area contributed by atoms with E-state index in [0.29, 0.717) is 29.1 Å². The SMILES string of the molecule is CCOC(=O)c1c(C)[nH]c(C(=O)C(C)Sc2nnc(NC(C)C)s2)c1C. The third kappa shape index (κ3) is 4.64. The van der Waals surface area contributed by atoms with Gasteiger partial charge in [0.05, 0.1) is 23.1 Å². The number of nitrogens with zero attached hydrogens (tertiary/aromatic N) is 2. The Hall–Kier alpha value is -1.87. The lowest BCUT2D eigenvalue weighted by atomic mass is 10.1. The minimum absolute atomic E-state index is 0.0836. The van der Waals surface area contributed by atoms with Gasteiger partial charge in [-0.3, -0.25) is 4.79 Å². The number of hydrogen-bond donors (Lipinski definition) is 2. The zero-order chi connectivity index (χ0) is 19.4. The molecule has 0 aromatic carbocycles. The highest BCUT2D eigenvalue weighted by Crippen LogP contribution is 2.31. The van der Waals surface area contributed by atoms with Gasteiger partial charge in [-0.25, -0.2) is 4.79 Å². The molecule has 2 N–H and O–H groups in total. The van der Waals surface area contributed by atoms with E-state index in [1.165, 1.54) is 23.1 Å². The number of Topliss-reactive ketones (excluding diaryl/α,β-unsaturated/α-hetero) is 1. The van der Waals surface area contributed by atoms with Crippen molar-refractivity contribution in [3.8, 4) is 0 Å². The molecule has 1 atom stereocenters. The molecular formula is C17H24N4O3S2. The van der Waals surface area contributed by atoms with Crippen LogP contribution in [0, 0.1) is 13.8 Å². The highest BCUT2D eigenvalue weighted by Gasteiger charge is 2.26. The molecular weight excluding hydrogens is 372 g/mol. The molecule has 9 heteroatoms. The van der Waals surface area contributed by atoms with Crippen LogP contribution in [0.1, 0.15) is 59.8 Å². The predicted molar refractivity (Wildman–Crippen MR) is 105 cm³/mol. The van der Waals surface area contributed by atoms with Gasteiger partial charge < -0.3 is 15.0 Å². The third-order valence-electron chi connectivity index (χ3n) is 3.63. The van der Waals surface area contributed by atoms with Crippen molar-refractivity contribution in [2.75, 3.05) is 11.9 Å². The smallest absolute Gasteiger partial charge is 0.340 e. The van der Waals surface area contributed by atoms with Crippen LogP contribution in [-0.4, -0.2) is 44.8 Å². The van der Waals surface area contributed by atoms with E-state index in [4.69, 9.17) is 4.74 Å². The van der Waals surface area contributed by atoms with Crippen molar-refractivity contribution in [1.29, 1.82) is 0 Å². The summed E-state index contributed by atoms with van der Waals surface area (Å²) >= 11 is 2.78. The number of anilines is 1. The highest BCUT2D eigenvalue weighted by atomic mass is 32.2. The van der Waals surface area contributed by atoms with E-state index in [1.807, 2.05) is 20.8 Å². The average molecular weight is 397 g/mol. The van der Waals surface area contributed by atoms with Gasteiger partial charge in [0.15, 0.2) is 10.1 Å². The van der Waals surface area contributed by atoms with Crippen LogP contribution in [0.3, 0.4) is 0 Å². The summed E-state index contributed by atoms with van der Waals surface area (Å²) in [5, 5.41) is 11.8. The fourth-order valence-electron chi connectivity index (χ4n) is 2.48. The summed E-state index contributed by atoms with van der Waals surface area (Å²) in [5.41, 5.74) is 2.14. The Morgan fingerprint density at radius 3 is 2.58 bits per heavy atom. The normalized spacial score (nSPS) is 12.3. The maximum Gasteiger partial charge on any atom is 0.340 e. The first-order valence-corrected chi connectivity index (χ1v) is 10.1. The molecule has 0 aliphatic heterocycles. The summed E-state index contributed by atoms with van der Waals surface area (Å²) < 4.78 is 5.80. The van der Waals surface area contributed by atoms with Crippen LogP contribution in [0.15, 0.2) is 4.34 Å². The fraction of sp³-hybridized carbons (Fsp3) is 0.529. The van der Waals surface area contributed by atoms with Crippen molar-refractivity contribution in [2.24, 2.45) is 0 Å². The Balaban J connectivity index is 2.14. The van der Waals surface area contributed by atoms with Crippen molar-refractivity contribution in [2.45, 2.75) is 57.2 Å². The van der Waals surface area contributed by atoms with E-state index in [-0.39, 0.29) is 17.1 Å². The number of rotatable bonds is 8. The maximum absolute atomic E-state index is 12.8. The molecule has 142 valence electrons. The molecule has 0 amide bonds. The second kappa shape index (κ2) is 8.68. The lowest BCUT2D eigenvalue weighted by Crippen LogP contribution is -2.15. The molecule has 26 heavy (non-hydrogen) atoms. The number of H-pyrrole nitrogens is 1. The van der Waals surface area contributed by atoms with Crippen LogP contribution in [0.2, 0.25) is 0 Å². The van der Waals surface area contributed by atoms with E-state index < -0.39 is 5.97 Å². The number of esters is 1. The number of aromatic nitrogens is 3. The van der Waals surface area contributed by atoms with Gasteiger partial charge in [-0.2, -0.15) is 0 Å². The van der Waals surface area contributed by atoms with Crippen molar-refractivity contribution in [3.05, 3.63) is 22.5 Å². The number of carbonyl (C=O) groups is 2. The summed E-state index contributed by atoms with van der Waals surface area (Å²) in [4.78, 5) is 28.0. The summed E-state index contributed by atoms with van der Waals surface area (Å²) in [6.45, 7) is 11.4. The average Bonchev–Trinajstić information content (AvgIpc) is 3.10. The Kier molecular flexibility index (Phi) is 6.82. The van der Waals surface area contributed by atoms with Crippen LogP contribution in [-0.2, 0) is 4.74 Å². The van der Waals surface area contributed by atoms with Gasteiger partial charge in [-0.1, -0.05) is 23.1 Å². The monoisotopic (exact) mass is 396 g/mol. The molecule has 0 spiro atoms. The number of ketones is 1. The lowest BCUT2D eigenvalue weighted by Gasteiger charge is -2.08. The molecule has 0 radical (unpaired) electrons. The third-order valence-corrected chi connectivity index (χ3v) is 5.67. The number of ether oxygens (including phenoxy) is 1. The summed E-state index contributed by atoms with van der Waals surface area (Å²) in [6, 6.07) is 0.269. The largest absolute Gasteiger partial charge is 0.462 e. The zero-order valence-corrected chi connectivity index (χ0v) is 17.4. The molecule has 0 aliphatic carbocycles. The van der Waals surface area contributed by atoms with Gasteiger partial charge in [-0.05, 0) is 47.1 Å². The van der Waals surface area contributed by atoms with E-state index in [1.54, 1.807) is 20.8 Å². The van der Waals surface area contributed by atoms with Crippen LogP contribution in [0.4, 0.5) is 5.13 Å². The number of thioether (sulfide) groups is 1. The molecule has 2 aromatic heterocycles. The Morgan fingerprint density at radius 1 is 1.27 bits per heavy atom. The van der Waals surface area contributed by atoms with Crippen molar-refractivity contribution >= 4 is 40.0 Å². The van der Waals surface area contributed by atoms with Gasteiger partial charge in [0.2, 0.25) is 5.13 Å². The molecule has 0 saturated carbocycles. The van der Waals surface area contributed by atoms with Crippen molar-refractivity contribution in [1.82, 2.24) is 15.2 Å². The molecule has 0 aliphatic rings. The highest BCUT2D eigenvalue weighted by molar-refractivity contribution is 8.02.